The Balaban J connectivity index is 3.24. The van der Waals surface area contributed by atoms with Gasteiger partial charge >= 0.3 is 0 Å². The molecule has 0 aromatic heterocycles. The SMILES string of the molecule is COc1cc(OC)c(/C=C/C=N\O)c(OC)c1. The first-order chi connectivity index (χ1) is 8.26. The van der Waals surface area contributed by atoms with Crippen LogP contribution in [0.5, 0.6) is 17.2 Å². The van der Waals surface area contributed by atoms with Crippen molar-refractivity contribution in [3.8, 4) is 17.2 Å². The Hall–Kier alpha value is -2.17. The minimum atomic E-state index is 0.615. The topological polar surface area (TPSA) is 60.3 Å². The van der Waals surface area contributed by atoms with Crippen LogP contribution in [0, 0.1) is 0 Å². The van der Waals surface area contributed by atoms with Crippen LogP contribution in [-0.2, 0) is 0 Å². The highest BCUT2D eigenvalue weighted by Gasteiger charge is 2.10. The highest BCUT2D eigenvalue weighted by atomic mass is 16.5. The van der Waals surface area contributed by atoms with Gasteiger partial charge in [-0.1, -0.05) is 5.16 Å². The molecule has 0 heterocycles. The van der Waals surface area contributed by atoms with Gasteiger partial charge in [-0.2, -0.15) is 0 Å². The lowest BCUT2D eigenvalue weighted by Crippen LogP contribution is -1.94. The number of allylic oxidation sites excluding steroid dienone is 1. The molecule has 1 N–H and O–H groups in total. The minimum Gasteiger partial charge on any atom is -0.496 e. The standard InChI is InChI=1S/C12H15NO4/c1-15-9-7-11(16-2)10(5-4-6-13-14)12(8-9)17-3/h4-8,14H,1-3H3/b5-4+,13-6-. The summed E-state index contributed by atoms with van der Waals surface area (Å²) in [5, 5.41) is 11.2. The molecule has 0 saturated carbocycles. The van der Waals surface area contributed by atoms with Crippen LogP contribution in [0.25, 0.3) is 6.08 Å². The molecule has 17 heavy (non-hydrogen) atoms. The zero-order chi connectivity index (χ0) is 12.7. The summed E-state index contributed by atoms with van der Waals surface area (Å²) in [6.45, 7) is 0. The maximum atomic E-state index is 8.32. The largest absolute Gasteiger partial charge is 0.496 e. The van der Waals surface area contributed by atoms with Gasteiger partial charge in [0.1, 0.15) is 17.2 Å². The van der Waals surface area contributed by atoms with E-state index in [9.17, 15) is 0 Å². The molecule has 92 valence electrons. The van der Waals surface area contributed by atoms with Gasteiger partial charge in [-0.3, -0.25) is 0 Å². The van der Waals surface area contributed by atoms with Crippen LogP contribution < -0.4 is 14.2 Å². The van der Waals surface area contributed by atoms with E-state index in [2.05, 4.69) is 5.16 Å². The van der Waals surface area contributed by atoms with Crippen LogP contribution in [0.2, 0.25) is 0 Å². The molecule has 0 saturated heterocycles. The van der Waals surface area contributed by atoms with Gasteiger partial charge < -0.3 is 19.4 Å². The minimum absolute atomic E-state index is 0.615. The van der Waals surface area contributed by atoms with E-state index in [4.69, 9.17) is 19.4 Å². The van der Waals surface area contributed by atoms with Crippen molar-refractivity contribution < 1.29 is 19.4 Å². The lowest BCUT2D eigenvalue weighted by atomic mass is 10.1. The van der Waals surface area contributed by atoms with Gasteiger partial charge in [0.2, 0.25) is 0 Å². The molecule has 0 aliphatic heterocycles. The molecule has 5 nitrogen and oxygen atoms in total. The van der Waals surface area contributed by atoms with Crippen molar-refractivity contribution in [3.05, 3.63) is 23.8 Å². The van der Waals surface area contributed by atoms with Crippen LogP contribution in [-0.4, -0.2) is 32.8 Å². The van der Waals surface area contributed by atoms with Crippen LogP contribution in [0.4, 0.5) is 0 Å². The quantitative estimate of drug-likeness (QED) is 0.484. The highest BCUT2D eigenvalue weighted by molar-refractivity contribution is 5.80. The van der Waals surface area contributed by atoms with Gasteiger partial charge in [0.15, 0.2) is 0 Å². The van der Waals surface area contributed by atoms with Crippen molar-refractivity contribution in [3.63, 3.8) is 0 Å². The number of methoxy groups -OCH3 is 3. The van der Waals surface area contributed by atoms with E-state index in [1.165, 1.54) is 6.21 Å². The molecule has 0 atom stereocenters. The zero-order valence-corrected chi connectivity index (χ0v) is 10.0. The fourth-order valence-electron chi connectivity index (χ4n) is 1.37. The number of oxime groups is 1. The van der Waals surface area contributed by atoms with Crippen molar-refractivity contribution >= 4 is 12.3 Å². The third-order valence-electron chi connectivity index (χ3n) is 2.17. The monoisotopic (exact) mass is 237 g/mol. The van der Waals surface area contributed by atoms with E-state index in [-0.39, 0.29) is 0 Å². The van der Waals surface area contributed by atoms with Crippen molar-refractivity contribution in [2.45, 2.75) is 0 Å². The van der Waals surface area contributed by atoms with Crippen LogP contribution >= 0.6 is 0 Å². The summed E-state index contributed by atoms with van der Waals surface area (Å²) in [5.74, 6) is 1.87. The summed E-state index contributed by atoms with van der Waals surface area (Å²) in [6.07, 6.45) is 4.55. The molecule has 0 unspecified atom stereocenters. The first-order valence-corrected chi connectivity index (χ1v) is 4.91. The van der Waals surface area contributed by atoms with Crippen LogP contribution in [0.1, 0.15) is 5.56 Å². The maximum Gasteiger partial charge on any atom is 0.133 e. The first-order valence-electron chi connectivity index (χ1n) is 4.91. The molecular weight excluding hydrogens is 222 g/mol. The van der Waals surface area contributed by atoms with Crippen LogP contribution in [0.3, 0.4) is 0 Å². The summed E-state index contributed by atoms with van der Waals surface area (Å²) in [5.41, 5.74) is 0.746. The second-order valence-corrected chi connectivity index (χ2v) is 3.07. The predicted octanol–water partition coefficient (Wildman–Crippen LogP) is 2.19. The average molecular weight is 237 g/mol. The normalized spacial score (nSPS) is 11.0. The molecule has 0 bridgehead atoms. The zero-order valence-electron chi connectivity index (χ0n) is 10.0. The van der Waals surface area contributed by atoms with E-state index < -0.39 is 0 Å². The maximum absolute atomic E-state index is 8.32. The van der Waals surface area contributed by atoms with Gasteiger partial charge in [-0.15, -0.1) is 0 Å². The first kappa shape index (κ1) is 12.9. The Morgan fingerprint density at radius 3 is 2.06 bits per heavy atom. The molecule has 0 aliphatic rings. The fourth-order valence-corrected chi connectivity index (χ4v) is 1.37. The molecule has 0 radical (unpaired) electrons. The smallest absolute Gasteiger partial charge is 0.133 e. The third kappa shape index (κ3) is 3.14. The molecule has 0 fully saturated rings. The van der Waals surface area contributed by atoms with E-state index in [0.29, 0.717) is 17.2 Å². The van der Waals surface area contributed by atoms with E-state index in [1.807, 2.05) is 0 Å². The summed E-state index contributed by atoms with van der Waals surface area (Å²) < 4.78 is 15.6. The Morgan fingerprint density at radius 2 is 1.65 bits per heavy atom. The van der Waals surface area contributed by atoms with E-state index >= 15 is 0 Å². The molecule has 1 aromatic carbocycles. The lowest BCUT2D eigenvalue weighted by Gasteiger charge is -2.12. The van der Waals surface area contributed by atoms with Crippen molar-refractivity contribution in [1.82, 2.24) is 0 Å². The highest BCUT2D eigenvalue weighted by Crippen LogP contribution is 2.34. The number of ether oxygens (including phenoxy) is 3. The van der Waals surface area contributed by atoms with Crippen molar-refractivity contribution in [2.24, 2.45) is 5.16 Å². The van der Waals surface area contributed by atoms with E-state index in [0.717, 1.165) is 5.56 Å². The third-order valence-corrected chi connectivity index (χ3v) is 2.17. The molecule has 0 amide bonds. The Kier molecular flexibility index (Phi) is 4.87. The Morgan fingerprint density at radius 1 is 1.06 bits per heavy atom. The van der Waals surface area contributed by atoms with Gasteiger partial charge in [0.05, 0.1) is 33.1 Å². The van der Waals surface area contributed by atoms with Crippen molar-refractivity contribution in [2.75, 3.05) is 21.3 Å². The lowest BCUT2D eigenvalue weighted by molar-refractivity contribution is 0.322. The molecule has 5 heteroatoms. The number of benzene rings is 1. The molecule has 0 spiro atoms. The van der Waals surface area contributed by atoms with Gasteiger partial charge in [-0.25, -0.2) is 0 Å². The average Bonchev–Trinajstić information content (AvgIpc) is 2.38. The Labute approximate surface area is 99.9 Å². The van der Waals surface area contributed by atoms with Gasteiger partial charge in [0.25, 0.3) is 0 Å². The van der Waals surface area contributed by atoms with Gasteiger partial charge in [-0.05, 0) is 12.2 Å². The fraction of sp³-hybridized carbons (Fsp3) is 0.250. The summed E-state index contributed by atoms with van der Waals surface area (Å²) in [4.78, 5) is 0. The second-order valence-electron chi connectivity index (χ2n) is 3.07. The summed E-state index contributed by atoms with van der Waals surface area (Å²) in [7, 11) is 4.69. The number of hydrogen-bond donors (Lipinski definition) is 1. The molecule has 1 aromatic rings. The van der Waals surface area contributed by atoms with E-state index in [1.54, 1.807) is 45.6 Å². The molecule has 0 aliphatic carbocycles. The summed E-state index contributed by atoms with van der Waals surface area (Å²) >= 11 is 0. The van der Waals surface area contributed by atoms with Crippen molar-refractivity contribution in [1.29, 1.82) is 0 Å². The predicted molar refractivity (Wildman–Crippen MR) is 65.4 cm³/mol. The summed E-state index contributed by atoms with van der Waals surface area (Å²) in [6, 6.07) is 3.50. The number of nitrogens with zero attached hydrogens (tertiary/aromatic N) is 1. The Bertz CT molecular complexity index is 402. The molecule has 1 rings (SSSR count). The number of hydrogen-bond acceptors (Lipinski definition) is 5. The van der Waals surface area contributed by atoms with Gasteiger partial charge in [0, 0.05) is 12.1 Å². The molecular formula is C12H15NO4. The second kappa shape index (κ2) is 6.42. The van der Waals surface area contributed by atoms with Crippen LogP contribution in [0.15, 0.2) is 23.4 Å². The number of rotatable bonds is 5.